The van der Waals surface area contributed by atoms with Gasteiger partial charge in [0.2, 0.25) is 0 Å². The van der Waals surface area contributed by atoms with E-state index in [1.165, 1.54) is 22.7 Å². The quantitative estimate of drug-likeness (QED) is 0.382. The number of aromatic nitrogens is 2. The van der Waals surface area contributed by atoms with Crippen molar-refractivity contribution in [2.24, 2.45) is 10.2 Å². The highest BCUT2D eigenvalue weighted by atomic mass is 32.1. The standard InChI is InChI=1S/C13H14N8OS2/c1-7(12-18-9(5-23-12)3-16-20-14)11(22)8(2)13-19-10(6-24-13)4-17-21-15/h5-8H,3-4H2,1-2H3. The maximum absolute atomic E-state index is 12.7. The molecule has 2 aromatic heterocycles. The molecule has 0 radical (unpaired) electrons. The van der Waals surface area contributed by atoms with E-state index in [0.29, 0.717) is 21.4 Å². The Morgan fingerprint density at radius 1 is 1.04 bits per heavy atom. The number of carbonyl (C=O) groups is 1. The van der Waals surface area contributed by atoms with Crippen LogP contribution in [0.3, 0.4) is 0 Å². The van der Waals surface area contributed by atoms with Crippen LogP contribution in [0.15, 0.2) is 21.0 Å². The Bertz CT molecular complexity index is 749. The van der Waals surface area contributed by atoms with E-state index in [1.54, 1.807) is 10.8 Å². The summed E-state index contributed by atoms with van der Waals surface area (Å²) in [6.45, 7) is 3.98. The molecule has 2 rings (SSSR count). The van der Waals surface area contributed by atoms with Crippen LogP contribution in [0, 0.1) is 0 Å². The first-order chi connectivity index (χ1) is 11.6. The maximum atomic E-state index is 12.7. The summed E-state index contributed by atoms with van der Waals surface area (Å²) in [4.78, 5) is 26.8. The van der Waals surface area contributed by atoms with Crippen molar-refractivity contribution < 1.29 is 4.79 Å². The zero-order valence-corrected chi connectivity index (χ0v) is 14.7. The first-order valence-corrected chi connectivity index (χ1v) is 8.76. The predicted molar refractivity (Wildman–Crippen MR) is 91.8 cm³/mol. The molecular formula is C13H14N8OS2. The molecule has 0 N–H and O–H groups in total. The number of thiazole rings is 2. The van der Waals surface area contributed by atoms with Crippen LogP contribution in [-0.4, -0.2) is 15.8 Å². The van der Waals surface area contributed by atoms with Crippen LogP contribution in [0.4, 0.5) is 0 Å². The third kappa shape index (κ3) is 4.30. The summed E-state index contributed by atoms with van der Waals surface area (Å²) < 4.78 is 0. The van der Waals surface area contributed by atoms with Crippen molar-refractivity contribution in [2.45, 2.75) is 38.8 Å². The van der Waals surface area contributed by atoms with Gasteiger partial charge in [-0.25, -0.2) is 9.97 Å². The molecule has 0 aromatic carbocycles. The highest BCUT2D eigenvalue weighted by Crippen LogP contribution is 2.29. The number of Topliss-reactive ketones (excluding diaryl/α,β-unsaturated/α-hetero) is 1. The number of rotatable bonds is 8. The van der Waals surface area contributed by atoms with Gasteiger partial charge >= 0.3 is 0 Å². The van der Waals surface area contributed by atoms with Crippen LogP contribution in [0.5, 0.6) is 0 Å². The van der Waals surface area contributed by atoms with Crippen molar-refractivity contribution in [3.05, 3.63) is 53.0 Å². The van der Waals surface area contributed by atoms with Gasteiger partial charge in [-0.3, -0.25) is 4.79 Å². The summed E-state index contributed by atoms with van der Waals surface area (Å²) >= 11 is 2.76. The lowest BCUT2D eigenvalue weighted by atomic mass is 9.96. The van der Waals surface area contributed by atoms with Crippen molar-refractivity contribution in [1.82, 2.24) is 9.97 Å². The highest BCUT2D eigenvalue weighted by Gasteiger charge is 2.27. The summed E-state index contributed by atoms with van der Waals surface area (Å²) in [5.41, 5.74) is 18.0. The van der Waals surface area contributed by atoms with Crippen LogP contribution < -0.4 is 0 Å². The molecular weight excluding hydrogens is 348 g/mol. The molecule has 2 aromatic rings. The van der Waals surface area contributed by atoms with Crippen molar-refractivity contribution in [2.75, 3.05) is 0 Å². The predicted octanol–water partition coefficient (Wildman–Crippen LogP) is 4.70. The molecule has 2 atom stereocenters. The van der Waals surface area contributed by atoms with Gasteiger partial charge in [0.25, 0.3) is 0 Å². The summed E-state index contributed by atoms with van der Waals surface area (Å²) in [5, 5.41) is 11.9. The molecule has 0 saturated carbocycles. The van der Waals surface area contributed by atoms with E-state index < -0.39 is 0 Å². The third-order valence-corrected chi connectivity index (χ3v) is 5.48. The summed E-state index contributed by atoms with van der Waals surface area (Å²) in [6.07, 6.45) is 0. The largest absolute Gasteiger partial charge is 0.298 e. The molecule has 0 bridgehead atoms. The second-order valence-electron chi connectivity index (χ2n) is 4.98. The van der Waals surface area contributed by atoms with Gasteiger partial charge < -0.3 is 0 Å². The van der Waals surface area contributed by atoms with Gasteiger partial charge in [0.1, 0.15) is 10.0 Å². The molecule has 0 aliphatic carbocycles. The minimum atomic E-state index is -0.366. The number of ketones is 1. The minimum absolute atomic E-state index is 0.0179. The Labute approximate surface area is 145 Å². The molecule has 124 valence electrons. The average Bonchev–Trinajstić information content (AvgIpc) is 3.25. The van der Waals surface area contributed by atoms with Crippen LogP contribution >= 0.6 is 22.7 Å². The molecule has 24 heavy (non-hydrogen) atoms. The molecule has 0 aliphatic rings. The third-order valence-electron chi connectivity index (χ3n) is 3.33. The second kappa shape index (κ2) is 8.42. The smallest absolute Gasteiger partial charge is 0.152 e. The fraction of sp³-hybridized carbons (Fsp3) is 0.462. The molecule has 2 heterocycles. The lowest BCUT2D eigenvalue weighted by Crippen LogP contribution is -2.16. The van der Waals surface area contributed by atoms with E-state index >= 15 is 0 Å². The fourth-order valence-corrected chi connectivity index (χ4v) is 3.76. The normalized spacial score (nSPS) is 12.8. The maximum Gasteiger partial charge on any atom is 0.152 e. The molecule has 0 aliphatic heterocycles. The fourth-order valence-electron chi connectivity index (χ4n) is 2.01. The minimum Gasteiger partial charge on any atom is -0.298 e. The first-order valence-electron chi connectivity index (χ1n) is 7.00. The topological polar surface area (TPSA) is 140 Å². The number of nitrogens with zero attached hydrogens (tertiary/aromatic N) is 8. The van der Waals surface area contributed by atoms with Crippen LogP contribution in [-0.2, 0) is 17.9 Å². The van der Waals surface area contributed by atoms with Gasteiger partial charge in [-0.2, -0.15) is 0 Å². The zero-order valence-electron chi connectivity index (χ0n) is 13.0. The summed E-state index contributed by atoms with van der Waals surface area (Å²) in [7, 11) is 0. The van der Waals surface area contributed by atoms with Gasteiger partial charge in [0.15, 0.2) is 5.78 Å². The molecule has 0 fully saturated rings. The average molecular weight is 362 g/mol. The molecule has 0 spiro atoms. The Kier molecular flexibility index (Phi) is 6.28. The molecule has 0 saturated heterocycles. The van der Waals surface area contributed by atoms with Gasteiger partial charge in [0, 0.05) is 20.6 Å². The SMILES string of the molecule is CC(C(=O)C(C)c1nc(CN=[N+]=[N-])cs1)c1nc(CN=[N+]=[N-])cs1. The van der Waals surface area contributed by atoms with Crippen molar-refractivity contribution >= 4 is 28.5 Å². The van der Waals surface area contributed by atoms with E-state index in [0.717, 1.165) is 0 Å². The number of azide groups is 2. The Hall–Kier alpha value is -2.45. The Morgan fingerprint density at radius 3 is 1.83 bits per heavy atom. The van der Waals surface area contributed by atoms with Gasteiger partial charge in [-0.15, -0.1) is 22.7 Å². The summed E-state index contributed by atoms with van der Waals surface area (Å²) in [6, 6.07) is 0. The van der Waals surface area contributed by atoms with E-state index in [-0.39, 0.29) is 30.7 Å². The van der Waals surface area contributed by atoms with Crippen LogP contribution in [0.25, 0.3) is 20.9 Å². The second-order valence-corrected chi connectivity index (χ2v) is 6.76. The number of carbonyl (C=O) groups excluding carboxylic acids is 1. The van der Waals surface area contributed by atoms with E-state index in [1.807, 2.05) is 13.8 Å². The van der Waals surface area contributed by atoms with Crippen molar-refractivity contribution in [3.8, 4) is 0 Å². The zero-order chi connectivity index (χ0) is 17.5. The van der Waals surface area contributed by atoms with Crippen LogP contribution in [0.1, 0.15) is 47.1 Å². The molecule has 9 nitrogen and oxygen atoms in total. The molecule has 0 amide bonds. The van der Waals surface area contributed by atoms with E-state index in [2.05, 4.69) is 30.0 Å². The van der Waals surface area contributed by atoms with Gasteiger partial charge in [-0.05, 0) is 24.9 Å². The van der Waals surface area contributed by atoms with Crippen molar-refractivity contribution in [3.63, 3.8) is 0 Å². The van der Waals surface area contributed by atoms with Crippen LogP contribution in [0.2, 0.25) is 0 Å². The number of hydrogen-bond acceptors (Lipinski definition) is 7. The molecule has 2 unspecified atom stereocenters. The first kappa shape index (κ1) is 17.9. The van der Waals surface area contributed by atoms with Gasteiger partial charge in [-0.1, -0.05) is 10.2 Å². The highest BCUT2D eigenvalue weighted by molar-refractivity contribution is 7.10. The van der Waals surface area contributed by atoms with E-state index in [9.17, 15) is 4.79 Å². The lowest BCUT2D eigenvalue weighted by Gasteiger charge is -2.12. The van der Waals surface area contributed by atoms with E-state index in [4.69, 9.17) is 11.1 Å². The Morgan fingerprint density at radius 2 is 1.46 bits per heavy atom. The monoisotopic (exact) mass is 362 g/mol. The Balaban J connectivity index is 2.08. The number of hydrogen-bond donors (Lipinski definition) is 0. The molecule has 11 heteroatoms. The van der Waals surface area contributed by atoms with Gasteiger partial charge in [0.05, 0.1) is 36.3 Å². The lowest BCUT2D eigenvalue weighted by molar-refractivity contribution is -0.121. The summed E-state index contributed by atoms with van der Waals surface area (Å²) in [5.74, 6) is -0.715. The van der Waals surface area contributed by atoms with Crippen molar-refractivity contribution in [1.29, 1.82) is 0 Å².